The predicted molar refractivity (Wildman–Crippen MR) is 50.3 cm³/mol. The molecule has 1 unspecified atom stereocenters. The van der Waals surface area contributed by atoms with Crippen LogP contribution in [0, 0.1) is 0 Å². The van der Waals surface area contributed by atoms with E-state index in [9.17, 15) is 4.79 Å². The molecule has 1 aromatic carbocycles. The summed E-state index contributed by atoms with van der Waals surface area (Å²) in [5.41, 5.74) is 1.13. The topological polar surface area (TPSA) is 58.9 Å². The van der Waals surface area contributed by atoms with Gasteiger partial charge in [-0.25, -0.2) is 4.79 Å². The summed E-state index contributed by atoms with van der Waals surface area (Å²) in [6, 6.07) is 6.72. The molecule has 0 aliphatic carbocycles. The Balaban J connectivity index is 2.26. The zero-order valence-corrected chi connectivity index (χ0v) is 7.38. The highest BCUT2D eigenvalue weighted by Crippen LogP contribution is 2.24. The molecule has 0 radical (unpaired) electrons. The average molecular weight is 191 g/mol. The highest BCUT2D eigenvalue weighted by molar-refractivity contribution is 5.87. The number of rotatable bonds is 2. The van der Waals surface area contributed by atoms with Crippen molar-refractivity contribution in [3.63, 3.8) is 0 Å². The van der Waals surface area contributed by atoms with Crippen molar-refractivity contribution >= 4 is 12.2 Å². The van der Waals surface area contributed by atoms with Crippen LogP contribution in [0.2, 0.25) is 0 Å². The van der Waals surface area contributed by atoms with Crippen molar-refractivity contribution < 1.29 is 14.7 Å². The summed E-state index contributed by atoms with van der Waals surface area (Å²) in [6.07, 6.45) is 2.25. The number of hydrogen-bond donors (Lipinski definition) is 1. The lowest BCUT2D eigenvalue weighted by molar-refractivity contribution is 0.0694. The molecule has 2 rings (SSSR count). The van der Waals surface area contributed by atoms with Crippen LogP contribution in [0.25, 0.3) is 0 Å². The van der Waals surface area contributed by atoms with Crippen LogP contribution in [-0.4, -0.2) is 17.3 Å². The molecule has 1 aromatic rings. The number of oxime groups is 1. The van der Waals surface area contributed by atoms with E-state index in [1.54, 1.807) is 24.4 Å². The van der Waals surface area contributed by atoms with E-state index in [4.69, 9.17) is 9.94 Å². The molecule has 0 amide bonds. The summed E-state index contributed by atoms with van der Waals surface area (Å²) in [5, 5.41) is 12.4. The molecule has 1 atom stereocenters. The lowest BCUT2D eigenvalue weighted by atomic mass is 10.0. The summed E-state index contributed by atoms with van der Waals surface area (Å²) >= 11 is 0. The van der Waals surface area contributed by atoms with Gasteiger partial charge in [0.1, 0.15) is 0 Å². The zero-order chi connectivity index (χ0) is 9.97. The molecule has 1 heterocycles. The molecule has 4 heteroatoms. The minimum atomic E-state index is -0.925. The van der Waals surface area contributed by atoms with Crippen LogP contribution in [0.4, 0.5) is 0 Å². The standard InChI is InChI=1S/C10H9NO3/c12-10(13)8-3-1-2-7(6-8)9-4-5-11-14-9/h1-3,5-6,9H,4H2,(H,12,13). The molecule has 0 saturated carbocycles. The van der Waals surface area contributed by atoms with E-state index in [0.717, 1.165) is 5.56 Å². The summed E-state index contributed by atoms with van der Waals surface area (Å²) in [4.78, 5) is 15.7. The van der Waals surface area contributed by atoms with Gasteiger partial charge in [-0.1, -0.05) is 17.3 Å². The molecule has 0 fully saturated rings. The minimum absolute atomic E-state index is 0.130. The molecular weight excluding hydrogens is 182 g/mol. The fourth-order valence-corrected chi connectivity index (χ4v) is 1.37. The smallest absolute Gasteiger partial charge is 0.335 e. The van der Waals surface area contributed by atoms with Crippen molar-refractivity contribution in [2.24, 2.45) is 5.16 Å². The number of nitrogens with zero attached hydrogens (tertiary/aromatic N) is 1. The van der Waals surface area contributed by atoms with Crippen LogP contribution in [0.1, 0.15) is 28.4 Å². The predicted octanol–water partition coefficient (Wildman–Crippen LogP) is 1.83. The summed E-state index contributed by atoms with van der Waals surface area (Å²) in [7, 11) is 0. The van der Waals surface area contributed by atoms with Crippen LogP contribution in [-0.2, 0) is 4.84 Å². The normalized spacial score (nSPS) is 19.3. The Morgan fingerprint density at radius 2 is 2.43 bits per heavy atom. The molecule has 4 nitrogen and oxygen atoms in total. The molecule has 0 aromatic heterocycles. The maximum Gasteiger partial charge on any atom is 0.335 e. The second-order valence-electron chi connectivity index (χ2n) is 3.05. The molecule has 14 heavy (non-hydrogen) atoms. The van der Waals surface area contributed by atoms with Gasteiger partial charge < -0.3 is 9.94 Å². The minimum Gasteiger partial charge on any atom is -0.478 e. The maximum atomic E-state index is 10.7. The highest BCUT2D eigenvalue weighted by Gasteiger charge is 2.16. The van der Waals surface area contributed by atoms with E-state index >= 15 is 0 Å². The molecule has 0 saturated heterocycles. The third-order valence-electron chi connectivity index (χ3n) is 2.09. The third-order valence-corrected chi connectivity index (χ3v) is 2.09. The number of carboxylic acid groups (broad SMARTS) is 1. The lowest BCUT2D eigenvalue weighted by Crippen LogP contribution is -2.00. The Bertz CT molecular complexity index is 379. The van der Waals surface area contributed by atoms with Gasteiger partial charge in [-0.2, -0.15) is 0 Å². The van der Waals surface area contributed by atoms with Crippen molar-refractivity contribution in [3.05, 3.63) is 35.4 Å². The number of carbonyl (C=O) groups is 1. The molecule has 1 aliphatic heterocycles. The molecule has 1 aliphatic rings. The second kappa shape index (κ2) is 3.49. The monoisotopic (exact) mass is 191 g/mol. The number of benzene rings is 1. The Morgan fingerprint density at radius 1 is 1.57 bits per heavy atom. The van der Waals surface area contributed by atoms with Gasteiger partial charge in [0.2, 0.25) is 0 Å². The van der Waals surface area contributed by atoms with Gasteiger partial charge in [0, 0.05) is 12.6 Å². The maximum absolute atomic E-state index is 10.7. The van der Waals surface area contributed by atoms with Gasteiger partial charge >= 0.3 is 5.97 Å². The van der Waals surface area contributed by atoms with Crippen LogP contribution in [0.15, 0.2) is 29.4 Å². The Labute approximate surface area is 80.8 Å². The van der Waals surface area contributed by atoms with Crippen molar-refractivity contribution in [1.29, 1.82) is 0 Å². The van der Waals surface area contributed by atoms with Crippen molar-refractivity contribution in [3.8, 4) is 0 Å². The molecule has 0 spiro atoms. The number of aromatic carboxylic acids is 1. The first kappa shape index (κ1) is 8.74. The number of carboxylic acids is 1. The first-order valence-electron chi connectivity index (χ1n) is 4.28. The lowest BCUT2D eigenvalue weighted by Gasteiger charge is -2.08. The fourth-order valence-electron chi connectivity index (χ4n) is 1.37. The largest absolute Gasteiger partial charge is 0.478 e. The van der Waals surface area contributed by atoms with E-state index in [0.29, 0.717) is 6.42 Å². The molecule has 0 bridgehead atoms. The van der Waals surface area contributed by atoms with Gasteiger partial charge in [-0.15, -0.1) is 0 Å². The van der Waals surface area contributed by atoms with Gasteiger partial charge in [0.25, 0.3) is 0 Å². The van der Waals surface area contributed by atoms with Crippen LogP contribution < -0.4 is 0 Å². The Kier molecular flexibility index (Phi) is 2.18. The van der Waals surface area contributed by atoms with Crippen LogP contribution in [0.3, 0.4) is 0 Å². The van der Waals surface area contributed by atoms with Gasteiger partial charge in [0.05, 0.1) is 5.56 Å². The fraction of sp³-hybridized carbons (Fsp3) is 0.200. The molecule has 1 N–H and O–H groups in total. The molecular formula is C10H9NO3. The van der Waals surface area contributed by atoms with E-state index in [1.165, 1.54) is 0 Å². The summed E-state index contributed by atoms with van der Waals surface area (Å²) in [6.45, 7) is 0. The molecule has 72 valence electrons. The van der Waals surface area contributed by atoms with Crippen molar-refractivity contribution in [2.45, 2.75) is 12.5 Å². The second-order valence-corrected chi connectivity index (χ2v) is 3.05. The van der Waals surface area contributed by atoms with E-state index in [-0.39, 0.29) is 11.7 Å². The zero-order valence-electron chi connectivity index (χ0n) is 7.38. The Hall–Kier alpha value is -1.84. The summed E-state index contributed by atoms with van der Waals surface area (Å²) in [5.74, 6) is -0.925. The Morgan fingerprint density at radius 3 is 3.07 bits per heavy atom. The first-order chi connectivity index (χ1) is 6.77. The van der Waals surface area contributed by atoms with E-state index in [2.05, 4.69) is 5.16 Å². The quantitative estimate of drug-likeness (QED) is 0.775. The third kappa shape index (κ3) is 1.59. The van der Waals surface area contributed by atoms with E-state index < -0.39 is 5.97 Å². The van der Waals surface area contributed by atoms with Crippen molar-refractivity contribution in [2.75, 3.05) is 0 Å². The average Bonchev–Trinajstić information content (AvgIpc) is 2.71. The summed E-state index contributed by atoms with van der Waals surface area (Å²) < 4.78 is 0. The first-order valence-corrected chi connectivity index (χ1v) is 4.28. The number of hydrogen-bond acceptors (Lipinski definition) is 3. The van der Waals surface area contributed by atoms with E-state index in [1.807, 2.05) is 6.07 Å². The van der Waals surface area contributed by atoms with Crippen LogP contribution >= 0.6 is 0 Å². The van der Waals surface area contributed by atoms with Crippen LogP contribution in [0.5, 0.6) is 0 Å². The van der Waals surface area contributed by atoms with Crippen molar-refractivity contribution in [1.82, 2.24) is 0 Å². The highest BCUT2D eigenvalue weighted by atomic mass is 16.6. The SMILES string of the molecule is O=C(O)c1cccc(C2CC=NO2)c1. The van der Waals surface area contributed by atoms with Gasteiger partial charge in [-0.3, -0.25) is 0 Å². The van der Waals surface area contributed by atoms with Gasteiger partial charge in [-0.05, 0) is 17.7 Å². The van der Waals surface area contributed by atoms with Gasteiger partial charge in [0.15, 0.2) is 6.10 Å².